The standard InChI is InChI=1S/C54H34N2OS/c1-3-12-35(13-4-1)37-25-31-51-47(32-37)46-18-11-20-49(54(46)57-51)55(41-28-30-45-44-17-8-10-21-52(44)58-53(45)34-41)40-26-22-36(23-27-40)38-24-29-43-42-16-7-9-19-48(42)56(50(43)33-38)39-14-5-2-6-15-39/h1-34H. The van der Waals surface area contributed by atoms with Gasteiger partial charge in [-0.25, -0.2) is 0 Å². The maximum Gasteiger partial charge on any atom is 0.159 e. The lowest BCUT2D eigenvalue weighted by atomic mass is 10.0. The molecule has 0 fully saturated rings. The Morgan fingerprint density at radius 1 is 0.379 bits per heavy atom. The van der Waals surface area contributed by atoms with Crippen LogP contribution < -0.4 is 4.90 Å². The van der Waals surface area contributed by atoms with Gasteiger partial charge in [-0.15, -0.1) is 11.3 Å². The Morgan fingerprint density at radius 2 is 1.00 bits per heavy atom. The smallest absolute Gasteiger partial charge is 0.159 e. The van der Waals surface area contributed by atoms with E-state index < -0.39 is 0 Å². The van der Waals surface area contributed by atoms with Crippen molar-refractivity contribution in [2.24, 2.45) is 0 Å². The van der Waals surface area contributed by atoms with Crippen LogP contribution in [0.3, 0.4) is 0 Å². The summed E-state index contributed by atoms with van der Waals surface area (Å²) in [6.07, 6.45) is 0. The van der Waals surface area contributed by atoms with Crippen molar-refractivity contribution in [2.45, 2.75) is 0 Å². The van der Waals surface area contributed by atoms with Gasteiger partial charge in [0.05, 0.1) is 16.7 Å². The third kappa shape index (κ3) is 5.19. The van der Waals surface area contributed by atoms with Crippen LogP contribution in [0.5, 0.6) is 0 Å². The zero-order valence-electron chi connectivity index (χ0n) is 31.3. The molecular weight excluding hydrogens is 725 g/mol. The zero-order valence-corrected chi connectivity index (χ0v) is 32.2. The molecule has 272 valence electrons. The second kappa shape index (κ2) is 13.1. The van der Waals surface area contributed by atoms with Crippen LogP contribution >= 0.6 is 11.3 Å². The van der Waals surface area contributed by atoms with Gasteiger partial charge in [-0.05, 0) is 95.1 Å². The zero-order chi connectivity index (χ0) is 38.2. The van der Waals surface area contributed by atoms with Crippen LogP contribution in [0.4, 0.5) is 17.1 Å². The highest BCUT2D eigenvalue weighted by Crippen LogP contribution is 2.45. The van der Waals surface area contributed by atoms with Crippen LogP contribution in [-0.4, -0.2) is 4.57 Å². The van der Waals surface area contributed by atoms with Crippen LogP contribution in [0.25, 0.3) is 91.9 Å². The number of rotatable bonds is 6. The fourth-order valence-electron chi connectivity index (χ4n) is 8.86. The minimum absolute atomic E-state index is 0.863. The van der Waals surface area contributed by atoms with Crippen molar-refractivity contribution in [1.82, 2.24) is 4.57 Å². The highest BCUT2D eigenvalue weighted by molar-refractivity contribution is 7.25. The molecule has 12 aromatic rings. The van der Waals surface area contributed by atoms with E-state index in [0.717, 1.165) is 50.3 Å². The van der Waals surface area contributed by atoms with Gasteiger partial charge in [-0.1, -0.05) is 133 Å². The summed E-state index contributed by atoms with van der Waals surface area (Å²) in [7, 11) is 0. The Kier molecular flexibility index (Phi) is 7.40. The molecule has 0 saturated heterocycles. The van der Waals surface area contributed by atoms with Crippen LogP contribution in [0.2, 0.25) is 0 Å². The molecule has 0 spiro atoms. The highest BCUT2D eigenvalue weighted by Gasteiger charge is 2.21. The van der Waals surface area contributed by atoms with E-state index in [4.69, 9.17) is 4.42 Å². The average Bonchev–Trinajstić information content (AvgIpc) is 3.96. The number of benzene rings is 9. The number of aromatic nitrogens is 1. The number of fused-ring (bicyclic) bond motifs is 9. The van der Waals surface area contributed by atoms with Gasteiger partial charge < -0.3 is 13.9 Å². The second-order valence-corrected chi connectivity index (χ2v) is 16.0. The van der Waals surface area contributed by atoms with E-state index in [0.29, 0.717) is 0 Å². The summed E-state index contributed by atoms with van der Waals surface area (Å²) in [5, 5.41) is 7.27. The lowest BCUT2D eigenvalue weighted by molar-refractivity contribution is 0.669. The van der Waals surface area contributed by atoms with Crippen LogP contribution in [0.15, 0.2) is 211 Å². The molecule has 0 atom stereocenters. The normalized spacial score (nSPS) is 11.8. The number of hydrogen-bond acceptors (Lipinski definition) is 3. The summed E-state index contributed by atoms with van der Waals surface area (Å²) >= 11 is 1.84. The van der Waals surface area contributed by atoms with Crippen molar-refractivity contribution >= 4 is 92.3 Å². The third-order valence-electron chi connectivity index (χ3n) is 11.6. The minimum atomic E-state index is 0.863. The Bertz CT molecular complexity index is 3500. The fourth-order valence-corrected chi connectivity index (χ4v) is 10.00. The fraction of sp³-hybridized carbons (Fsp3) is 0. The molecule has 0 amide bonds. The molecule has 0 saturated carbocycles. The van der Waals surface area contributed by atoms with E-state index in [-0.39, 0.29) is 0 Å². The summed E-state index contributed by atoms with van der Waals surface area (Å²) in [5.74, 6) is 0. The first kappa shape index (κ1) is 32.8. The number of nitrogens with zero attached hydrogens (tertiary/aromatic N) is 2. The summed E-state index contributed by atoms with van der Waals surface area (Å²) in [6, 6.07) is 74.3. The first-order valence-electron chi connectivity index (χ1n) is 19.7. The van der Waals surface area contributed by atoms with E-state index in [1.54, 1.807) is 0 Å². The Hall–Kier alpha value is -7.40. The maximum atomic E-state index is 6.80. The molecular formula is C54H34N2OS. The molecule has 0 unspecified atom stereocenters. The molecule has 58 heavy (non-hydrogen) atoms. The molecule has 3 heterocycles. The van der Waals surface area contributed by atoms with E-state index in [1.807, 2.05) is 11.3 Å². The molecule has 9 aromatic carbocycles. The van der Waals surface area contributed by atoms with E-state index in [2.05, 4.69) is 216 Å². The van der Waals surface area contributed by atoms with Gasteiger partial charge in [0.25, 0.3) is 0 Å². The highest BCUT2D eigenvalue weighted by atomic mass is 32.1. The topological polar surface area (TPSA) is 21.3 Å². The average molecular weight is 759 g/mol. The monoisotopic (exact) mass is 758 g/mol. The van der Waals surface area contributed by atoms with Crippen LogP contribution in [-0.2, 0) is 0 Å². The summed E-state index contributed by atoms with van der Waals surface area (Å²) in [4.78, 5) is 2.35. The third-order valence-corrected chi connectivity index (χ3v) is 12.7. The van der Waals surface area contributed by atoms with Gasteiger partial charge in [0, 0.05) is 58.8 Å². The number of thiophene rings is 1. The maximum absolute atomic E-state index is 6.80. The molecule has 0 radical (unpaired) electrons. The minimum Gasteiger partial charge on any atom is -0.454 e. The van der Waals surface area contributed by atoms with Gasteiger partial charge in [0.1, 0.15) is 5.58 Å². The Balaban J connectivity index is 1.02. The van der Waals surface area contributed by atoms with Crippen molar-refractivity contribution in [2.75, 3.05) is 4.90 Å². The van der Waals surface area contributed by atoms with Gasteiger partial charge in [0.15, 0.2) is 5.58 Å². The Labute approximate surface area is 338 Å². The molecule has 0 N–H and O–H groups in total. The quantitative estimate of drug-likeness (QED) is 0.168. The molecule has 0 aliphatic rings. The summed E-state index contributed by atoms with van der Waals surface area (Å²) in [6.45, 7) is 0. The summed E-state index contributed by atoms with van der Waals surface area (Å²) in [5.41, 5.74) is 13.1. The molecule has 0 bridgehead atoms. The lowest BCUT2D eigenvalue weighted by Crippen LogP contribution is -2.10. The van der Waals surface area contributed by atoms with E-state index >= 15 is 0 Å². The van der Waals surface area contributed by atoms with E-state index in [1.165, 1.54) is 58.7 Å². The predicted molar refractivity (Wildman–Crippen MR) is 247 cm³/mol. The largest absolute Gasteiger partial charge is 0.454 e. The Morgan fingerprint density at radius 3 is 1.86 bits per heavy atom. The van der Waals surface area contributed by atoms with Gasteiger partial charge in [-0.3, -0.25) is 0 Å². The first-order chi connectivity index (χ1) is 28.7. The number of furan rings is 1. The molecule has 12 rings (SSSR count). The van der Waals surface area contributed by atoms with Crippen molar-refractivity contribution in [1.29, 1.82) is 0 Å². The van der Waals surface area contributed by atoms with Crippen LogP contribution in [0, 0.1) is 0 Å². The molecule has 3 nitrogen and oxygen atoms in total. The lowest BCUT2D eigenvalue weighted by Gasteiger charge is -2.26. The van der Waals surface area contributed by atoms with Gasteiger partial charge >= 0.3 is 0 Å². The molecule has 4 heteroatoms. The van der Waals surface area contributed by atoms with Crippen LogP contribution in [0.1, 0.15) is 0 Å². The second-order valence-electron chi connectivity index (χ2n) is 14.9. The molecule has 3 aromatic heterocycles. The number of para-hydroxylation sites is 3. The van der Waals surface area contributed by atoms with Crippen molar-refractivity contribution in [3.63, 3.8) is 0 Å². The SMILES string of the molecule is c1ccc(-c2ccc3oc4c(N(c5ccc(-c6ccc7c8ccccc8n(-c8ccccc8)c7c6)cc5)c5ccc6c(c5)sc5ccccc56)cccc4c3c2)cc1. The van der Waals surface area contributed by atoms with Crippen molar-refractivity contribution < 1.29 is 4.42 Å². The van der Waals surface area contributed by atoms with Crippen molar-refractivity contribution in [3.8, 4) is 27.9 Å². The summed E-state index contributed by atoms with van der Waals surface area (Å²) < 4.78 is 11.7. The van der Waals surface area contributed by atoms with Gasteiger partial charge in [0.2, 0.25) is 0 Å². The first-order valence-corrected chi connectivity index (χ1v) is 20.5. The van der Waals surface area contributed by atoms with Crippen molar-refractivity contribution in [3.05, 3.63) is 206 Å². The van der Waals surface area contributed by atoms with Gasteiger partial charge in [-0.2, -0.15) is 0 Å². The number of anilines is 3. The molecule has 0 aliphatic carbocycles. The predicted octanol–water partition coefficient (Wildman–Crippen LogP) is 15.9. The van der Waals surface area contributed by atoms with E-state index in [9.17, 15) is 0 Å². The number of hydrogen-bond donors (Lipinski definition) is 0. The molecule has 0 aliphatic heterocycles.